The zero-order valence-corrected chi connectivity index (χ0v) is 32.6. The Morgan fingerprint density at radius 3 is 0.911 bits per heavy atom. The Morgan fingerprint density at radius 1 is 0.411 bits per heavy atom. The molecule has 284 valence electrons. The van der Waals surface area contributed by atoms with Crippen molar-refractivity contribution in [3.63, 3.8) is 0 Å². The van der Waals surface area contributed by atoms with Crippen molar-refractivity contribution < 1.29 is 19.8 Å². The van der Waals surface area contributed by atoms with Crippen molar-refractivity contribution in [2.24, 2.45) is 0 Å². The molecule has 6 rings (SSSR count). The molecule has 0 unspecified atom stereocenters. The molecule has 0 fully saturated rings. The Labute approximate surface area is 344 Å². The number of hydrogen-bond acceptors (Lipinski definition) is 6. The van der Waals surface area contributed by atoms with E-state index in [4.69, 9.17) is 47.6 Å². The van der Waals surface area contributed by atoms with E-state index >= 15 is 0 Å². The number of hydrogen-bond donors (Lipinski definition) is 8. The number of anilines is 2. The van der Waals surface area contributed by atoms with Crippen molar-refractivity contribution in [1.29, 1.82) is 0 Å². The second-order valence-electron chi connectivity index (χ2n) is 12.0. The SMILES string of the molecule is O=C(NNC(=S)Nc1ccc(Cl)cc1)C(O)(c1ccccc1)c1ccccc1.O=C(NNC(=S)Nc1ccc(Cl)cc1)C(O)(c1ccccc1)c1ccccc1. The highest BCUT2D eigenvalue weighted by Gasteiger charge is 2.41. The smallest absolute Gasteiger partial charge is 0.279 e. The van der Waals surface area contributed by atoms with Crippen molar-refractivity contribution >= 4 is 81.1 Å². The number of carbonyl (C=O) groups is 2. The van der Waals surface area contributed by atoms with Gasteiger partial charge in [0.1, 0.15) is 0 Å². The zero-order valence-electron chi connectivity index (χ0n) is 29.4. The normalized spacial score (nSPS) is 10.8. The summed E-state index contributed by atoms with van der Waals surface area (Å²) in [5.74, 6) is -1.32. The Hall–Kier alpha value is -5.86. The van der Waals surface area contributed by atoms with Gasteiger partial charge in [0.15, 0.2) is 21.4 Å². The van der Waals surface area contributed by atoms with Crippen LogP contribution in [-0.2, 0) is 20.8 Å². The van der Waals surface area contributed by atoms with E-state index in [2.05, 4.69) is 32.3 Å². The van der Waals surface area contributed by atoms with E-state index in [1.54, 1.807) is 146 Å². The first-order valence-electron chi connectivity index (χ1n) is 16.9. The van der Waals surface area contributed by atoms with Crippen LogP contribution >= 0.6 is 47.6 Å². The number of carbonyl (C=O) groups excluding carboxylic acids is 2. The van der Waals surface area contributed by atoms with Gasteiger partial charge < -0.3 is 20.8 Å². The summed E-state index contributed by atoms with van der Waals surface area (Å²) in [6.45, 7) is 0. The van der Waals surface area contributed by atoms with Crippen molar-refractivity contribution in [2.45, 2.75) is 11.2 Å². The second-order valence-corrected chi connectivity index (χ2v) is 13.7. The number of halogens is 2. The molecule has 0 aliphatic carbocycles. The van der Waals surface area contributed by atoms with Crippen LogP contribution in [0.4, 0.5) is 11.4 Å². The minimum atomic E-state index is -1.88. The van der Waals surface area contributed by atoms with Crippen molar-refractivity contribution in [3.8, 4) is 0 Å². The molecular weight excluding hydrogens is 788 g/mol. The highest BCUT2D eigenvalue weighted by molar-refractivity contribution is 7.80. The summed E-state index contributed by atoms with van der Waals surface area (Å²) in [6.07, 6.45) is 0. The van der Waals surface area contributed by atoms with Gasteiger partial charge in [0.05, 0.1) is 0 Å². The average molecular weight is 824 g/mol. The van der Waals surface area contributed by atoms with Gasteiger partial charge in [0, 0.05) is 21.4 Å². The largest absolute Gasteiger partial charge is 0.372 e. The molecule has 0 spiro atoms. The van der Waals surface area contributed by atoms with Crippen LogP contribution in [0.5, 0.6) is 0 Å². The van der Waals surface area contributed by atoms with Crippen LogP contribution in [0.15, 0.2) is 170 Å². The second kappa shape index (κ2) is 19.6. The van der Waals surface area contributed by atoms with Gasteiger partial charge in [-0.3, -0.25) is 31.3 Å². The van der Waals surface area contributed by atoms with E-state index in [-0.39, 0.29) is 10.2 Å². The number of rotatable bonds is 8. The number of aliphatic hydroxyl groups is 2. The summed E-state index contributed by atoms with van der Waals surface area (Å²) in [7, 11) is 0. The number of benzene rings is 6. The maximum Gasteiger partial charge on any atom is 0.279 e. The summed E-state index contributed by atoms with van der Waals surface area (Å²) in [5.41, 5.74) is 9.61. The summed E-state index contributed by atoms with van der Waals surface area (Å²) in [4.78, 5) is 25.9. The van der Waals surface area contributed by atoms with Crippen molar-refractivity contribution in [2.75, 3.05) is 10.6 Å². The fourth-order valence-corrected chi connectivity index (χ4v) is 5.96. The first kappa shape index (κ1) is 41.3. The van der Waals surface area contributed by atoms with Crippen molar-refractivity contribution in [1.82, 2.24) is 21.7 Å². The lowest BCUT2D eigenvalue weighted by Gasteiger charge is -2.28. The van der Waals surface area contributed by atoms with E-state index < -0.39 is 23.0 Å². The minimum Gasteiger partial charge on any atom is -0.372 e. The van der Waals surface area contributed by atoms with Crippen LogP contribution in [0.1, 0.15) is 22.3 Å². The summed E-state index contributed by atoms with van der Waals surface area (Å²) in [6, 6.07) is 48.8. The number of thiocarbonyl (C=S) groups is 2. The third kappa shape index (κ3) is 10.7. The van der Waals surface area contributed by atoms with E-state index in [1.165, 1.54) is 0 Å². The molecular formula is C42H36Cl2N6O4S2. The lowest BCUT2D eigenvalue weighted by atomic mass is 9.85. The van der Waals surface area contributed by atoms with Crippen LogP contribution in [0.2, 0.25) is 10.0 Å². The molecule has 0 saturated carbocycles. The molecule has 0 bridgehead atoms. The standard InChI is InChI=1S/2C21H18ClN3O2S/c2*22-17-11-13-18(14-12-17)23-20(28)25-24-19(26)21(27,15-7-3-1-4-8-15)16-9-5-2-6-10-16/h2*1-14,27H,(H,24,26)(H2,23,25,28). The maximum atomic E-state index is 12.9. The lowest BCUT2D eigenvalue weighted by Crippen LogP contribution is -2.53. The third-order valence-corrected chi connectivity index (χ3v) is 9.12. The molecule has 10 nitrogen and oxygen atoms in total. The van der Waals surface area contributed by atoms with Crippen LogP contribution in [0.3, 0.4) is 0 Å². The Kier molecular flexibility index (Phi) is 14.5. The molecule has 2 amide bonds. The lowest BCUT2D eigenvalue weighted by molar-refractivity contribution is -0.137. The fraction of sp³-hybridized carbons (Fsp3) is 0.0476. The molecule has 0 radical (unpaired) electrons. The van der Waals surface area contributed by atoms with Gasteiger partial charge in [0.2, 0.25) is 0 Å². The van der Waals surface area contributed by atoms with Gasteiger partial charge in [-0.1, -0.05) is 145 Å². The van der Waals surface area contributed by atoms with Gasteiger partial charge in [0.25, 0.3) is 11.8 Å². The molecule has 6 aromatic carbocycles. The van der Waals surface area contributed by atoms with Crippen LogP contribution < -0.4 is 32.3 Å². The number of nitrogens with one attached hydrogen (secondary N) is 6. The van der Waals surface area contributed by atoms with Gasteiger partial charge in [-0.15, -0.1) is 0 Å². The summed E-state index contributed by atoms with van der Waals surface area (Å²) in [5, 5.41) is 30.0. The maximum absolute atomic E-state index is 12.9. The summed E-state index contributed by atoms with van der Waals surface area (Å²) >= 11 is 22.1. The monoisotopic (exact) mass is 822 g/mol. The molecule has 0 aromatic heterocycles. The van der Waals surface area contributed by atoms with E-state index in [0.717, 1.165) is 0 Å². The first-order chi connectivity index (χ1) is 27.0. The van der Waals surface area contributed by atoms with Gasteiger partial charge in [-0.05, 0) is 95.2 Å². The fourth-order valence-electron chi connectivity index (χ4n) is 5.37. The number of hydrazine groups is 2. The van der Waals surface area contributed by atoms with Crippen LogP contribution in [0.25, 0.3) is 0 Å². The quantitative estimate of drug-likeness (QED) is 0.0587. The van der Waals surface area contributed by atoms with E-state index in [0.29, 0.717) is 43.7 Å². The van der Waals surface area contributed by atoms with Crippen LogP contribution in [-0.4, -0.2) is 32.3 Å². The highest BCUT2D eigenvalue weighted by atomic mass is 35.5. The summed E-state index contributed by atoms with van der Waals surface area (Å²) < 4.78 is 0. The van der Waals surface area contributed by atoms with Gasteiger partial charge >= 0.3 is 0 Å². The molecule has 6 aromatic rings. The molecule has 0 aliphatic heterocycles. The molecule has 0 heterocycles. The molecule has 14 heteroatoms. The predicted molar refractivity (Wildman–Crippen MR) is 230 cm³/mol. The minimum absolute atomic E-state index is 0.166. The predicted octanol–water partition coefficient (Wildman–Crippen LogP) is 7.19. The molecule has 8 N–H and O–H groups in total. The topological polar surface area (TPSA) is 147 Å². The molecule has 0 aliphatic rings. The molecule has 0 saturated heterocycles. The Morgan fingerprint density at radius 2 is 0.661 bits per heavy atom. The van der Waals surface area contributed by atoms with Gasteiger partial charge in [-0.2, -0.15) is 0 Å². The third-order valence-electron chi connectivity index (χ3n) is 8.21. The highest BCUT2D eigenvalue weighted by Crippen LogP contribution is 2.31. The molecule has 0 atom stereocenters. The first-order valence-corrected chi connectivity index (χ1v) is 18.5. The Balaban J connectivity index is 0.000000214. The van der Waals surface area contributed by atoms with E-state index in [9.17, 15) is 19.8 Å². The zero-order chi connectivity index (χ0) is 40.0. The number of amides is 2. The average Bonchev–Trinajstić information content (AvgIpc) is 3.24. The molecule has 56 heavy (non-hydrogen) atoms. The van der Waals surface area contributed by atoms with Gasteiger partial charge in [-0.25, -0.2) is 0 Å². The van der Waals surface area contributed by atoms with Crippen molar-refractivity contribution in [3.05, 3.63) is 202 Å². The Bertz CT molecular complexity index is 1980. The van der Waals surface area contributed by atoms with E-state index in [1.807, 2.05) is 24.3 Å². The van der Waals surface area contributed by atoms with Crippen LogP contribution in [0, 0.1) is 0 Å².